The number of hydrogen-bond donors (Lipinski definition) is 1. The SMILES string of the molecule is COc1ccc(-c2ccc(=O)n(CC(=O)Nc3ccc(C(C)(C)C)cc3)n2)cc1. The quantitative estimate of drug-likeness (QED) is 0.717. The van der Waals surface area contributed by atoms with Crippen LogP contribution in [0.1, 0.15) is 26.3 Å². The highest BCUT2D eigenvalue weighted by Gasteiger charge is 2.13. The van der Waals surface area contributed by atoms with E-state index in [1.807, 2.05) is 48.5 Å². The van der Waals surface area contributed by atoms with E-state index in [0.29, 0.717) is 11.4 Å². The molecule has 29 heavy (non-hydrogen) atoms. The second kappa shape index (κ2) is 8.31. The van der Waals surface area contributed by atoms with Crippen molar-refractivity contribution in [3.8, 4) is 17.0 Å². The van der Waals surface area contributed by atoms with Crippen LogP contribution in [0, 0.1) is 0 Å². The molecule has 1 heterocycles. The smallest absolute Gasteiger partial charge is 0.267 e. The summed E-state index contributed by atoms with van der Waals surface area (Å²) in [4.78, 5) is 24.6. The topological polar surface area (TPSA) is 73.2 Å². The zero-order valence-electron chi connectivity index (χ0n) is 17.1. The van der Waals surface area contributed by atoms with Crippen LogP contribution in [0.2, 0.25) is 0 Å². The number of nitrogens with one attached hydrogen (secondary N) is 1. The first-order chi connectivity index (χ1) is 13.8. The lowest BCUT2D eigenvalue weighted by Gasteiger charge is -2.19. The van der Waals surface area contributed by atoms with Gasteiger partial charge in [-0.25, -0.2) is 4.68 Å². The number of anilines is 1. The summed E-state index contributed by atoms with van der Waals surface area (Å²) in [6.07, 6.45) is 0. The van der Waals surface area contributed by atoms with Crippen LogP contribution < -0.4 is 15.6 Å². The molecule has 0 aliphatic heterocycles. The molecule has 0 saturated heterocycles. The van der Waals surface area contributed by atoms with E-state index in [1.165, 1.54) is 16.3 Å². The van der Waals surface area contributed by atoms with Gasteiger partial charge in [0.2, 0.25) is 5.91 Å². The molecular weight excluding hydrogens is 366 g/mol. The van der Waals surface area contributed by atoms with Crippen molar-refractivity contribution >= 4 is 11.6 Å². The van der Waals surface area contributed by atoms with Crippen molar-refractivity contribution in [2.24, 2.45) is 0 Å². The average molecular weight is 391 g/mol. The van der Waals surface area contributed by atoms with Crippen molar-refractivity contribution in [3.63, 3.8) is 0 Å². The summed E-state index contributed by atoms with van der Waals surface area (Å²) >= 11 is 0. The third-order valence-electron chi connectivity index (χ3n) is 4.58. The molecule has 0 radical (unpaired) electrons. The summed E-state index contributed by atoms with van der Waals surface area (Å²) in [5, 5.41) is 7.14. The van der Waals surface area contributed by atoms with Crippen molar-refractivity contribution in [2.45, 2.75) is 32.7 Å². The number of methoxy groups -OCH3 is 1. The predicted molar refractivity (Wildman–Crippen MR) is 114 cm³/mol. The molecule has 3 rings (SSSR count). The van der Waals surface area contributed by atoms with Gasteiger partial charge in [0, 0.05) is 17.3 Å². The number of benzene rings is 2. The van der Waals surface area contributed by atoms with Gasteiger partial charge < -0.3 is 10.1 Å². The van der Waals surface area contributed by atoms with Crippen molar-refractivity contribution in [1.82, 2.24) is 9.78 Å². The summed E-state index contributed by atoms with van der Waals surface area (Å²) in [7, 11) is 1.60. The molecule has 6 heteroatoms. The first-order valence-electron chi connectivity index (χ1n) is 9.39. The van der Waals surface area contributed by atoms with E-state index in [1.54, 1.807) is 13.2 Å². The lowest BCUT2D eigenvalue weighted by Crippen LogP contribution is -2.29. The first kappa shape index (κ1) is 20.3. The van der Waals surface area contributed by atoms with Crippen LogP contribution in [0.25, 0.3) is 11.3 Å². The van der Waals surface area contributed by atoms with Gasteiger partial charge in [0.15, 0.2) is 0 Å². The maximum atomic E-state index is 12.4. The van der Waals surface area contributed by atoms with Gasteiger partial charge in [0.25, 0.3) is 5.56 Å². The highest BCUT2D eigenvalue weighted by molar-refractivity contribution is 5.90. The second-order valence-electron chi connectivity index (χ2n) is 7.82. The number of rotatable bonds is 5. The number of aromatic nitrogens is 2. The number of ether oxygens (including phenoxy) is 1. The number of hydrogen-bond acceptors (Lipinski definition) is 4. The maximum Gasteiger partial charge on any atom is 0.267 e. The fourth-order valence-electron chi connectivity index (χ4n) is 2.87. The molecule has 0 atom stereocenters. The highest BCUT2D eigenvalue weighted by Crippen LogP contribution is 2.23. The number of amides is 1. The molecule has 0 saturated carbocycles. The predicted octanol–water partition coefficient (Wildman–Crippen LogP) is 3.86. The van der Waals surface area contributed by atoms with Gasteiger partial charge in [0.05, 0.1) is 12.8 Å². The first-order valence-corrected chi connectivity index (χ1v) is 9.39. The zero-order chi connectivity index (χ0) is 21.0. The molecule has 2 aromatic carbocycles. The van der Waals surface area contributed by atoms with E-state index in [0.717, 1.165) is 11.3 Å². The van der Waals surface area contributed by atoms with Crippen molar-refractivity contribution in [1.29, 1.82) is 0 Å². The van der Waals surface area contributed by atoms with Gasteiger partial charge in [-0.3, -0.25) is 9.59 Å². The van der Waals surface area contributed by atoms with Gasteiger partial charge in [0.1, 0.15) is 12.3 Å². The summed E-state index contributed by atoms with van der Waals surface area (Å²) in [6.45, 7) is 6.24. The van der Waals surface area contributed by atoms with Gasteiger partial charge >= 0.3 is 0 Å². The Balaban J connectivity index is 1.73. The molecule has 0 unspecified atom stereocenters. The van der Waals surface area contributed by atoms with Crippen LogP contribution in [0.3, 0.4) is 0 Å². The van der Waals surface area contributed by atoms with E-state index in [2.05, 4.69) is 31.2 Å². The molecule has 0 aliphatic rings. The Morgan fingerprint density at radius 3 is 2.24 bits per heavy atom. The van der Waals surface area contributed by atoms with Crippen LogP contribution in [-0.2, 0) is 16.8 Å². The molecule has 1 amide bonds. The summed E-state index contributed by atoms with van der Waals surface area (Å²) < 4.78 is 6.32. The maximum absolute atomic E-state index is 12.4. The van der Waals surface area contributed by atoms with Crippen molar-refractivity contribution in [2.75, 3.05) is 12.4 Å². The Hall–Kier alpha value is -3.41. The Kier molecular flexibility index (Phi) is 5.82. The van der Waals surface area contributed by atoms with Crippen LogP contribution in [0.5, 0.6) is 5.75 Å². The van der Waals surface area contributed by atoms with Crippen LogP contribution in [0.4, 0.5) is 5.69 Å². The standard InChI is InChI=1S/C23H25N3O3/c1-23(2,3)17-7-9-18(10-8-17)24-21(27)15-26-22(28)14-13-20(25-26)16-5-11-19(29-4)12-6-16/h5-14H,15H2,1-4H3,(H,24,27). The van der Waals surface area contributed by atoms with Crippen LogP contribution in [-0.4, -0.2) is 22.8 Å². The number of carbonyl (C=O) groups excluding carboxylic acids is 1. The van der Waals surface area contributed by atoms with Gasteiger partial charge in [-0.1, -0.05) is 32.9 Å². The Morgan fingerprint density at radius 1 is 1.00 bits per heavy atom. The molecule has 1 aromatic heterocycles. The molecule has 150 valence electrons. The Labute approximate surface area is 170 Å². The molecule has 0 spiro atoms. The summed E-state index contributed by atoms with van der Waals surface area (Å²) in [6, 6.07) is 18.1. The molecule has 0 fully saturated rings. The van der Waals surface area contributed by atoms with Crippen molar-refractivity contribution in [3.05, 3.63) is 76.6 Å². The highest BCUT2D eigenvalue weighted by atomic mass is 16.5. The van der Waals surface area contributed by atoms with E-state index in [4.69, 9.17) is 4.74 Å². The largest absolute Gasteiger partial charge is 0.497 e. The molecule has 0 bridgehead atoms. The summed E-state index contributed by atoms with van der Waals surface area (Å²) in [5.74, 6) is 0.425. The van der Waals surface area contributed by atoms with E-state index < -0.39 is 0 Å². The molecule has 1 N–H and O–H groups in total. The third kappa shape index (κ3) is 5.10. The third-order valence-corrected chi connectivity index (χ3v) is 4.58. The fourth-order valence-corrected chi connectivity index (χ4v) is 2.87. The van der Waals surface area contributed by atoms with E-state index in [9.17, 15) is 9.59 Å². The molecular formula is C23H25N3O3. The molecule has 3 aromatic rings. The van der Waals surface area contributed by atoms with E-state index in [-0.39, 0.29) is 23.4 Å². The molecule has 0 aliphatic carbocycles. The number of nitrogens with zero attached hydrogens (tertiary/aromatic N) is 2. The Bertz CT molecular complexity index is 1050. The van der Waals surface area contributed by atoms with Gasteiger partial charge in [-0.15, -0.1) is 0 Å². The Morgan fingerprint density at radius 2 is 1.66 bits per heavy atom. The van der Waals surface area contributed by atoms with Gasteiger partial charge in [-0.2, -0.15) is 5.10 Å². The van der Waals surface area contributed by atoms with Crippen LogP contribution in [0.15, 0.2) is 65.5 Å². The van der Waals surface area contributed by atoms with Gasteiger partial charge in [-0.05, 0) is 53.4 Å². The normalized spacial score (nSPS) is 11.2. The van der Waals surface area contributed by atoms with Crippen LogP contribution >= 0.6 is 0 Å². The monoisotopic (exact) mass is 391 g/mol. The fraction of sp³-hybridized carbons (Fsp3) is 0.261. The minimum Gasteiger partial charge on any atom is -0.497 e. The summed E-state index contributed by atoms with van der Waals surface area (Å²) in [5.41, 5.74) is 3.01. The lowest BCUT2D eigenvalue weighted by molar-refractivity contribution is -0.117. The zero-order valence-corrected chi connectivity index (χ0v) is 17.1. The second-order valence-corrected chi connectivity index (χ2v) is 7.82. The number of carbonyl (C=O) groups is 1. The minimum atomic E-state index is -0.333. The minimum absolute atomic E-state index is 0.0433. The van der Waals surface area contributed by atoms with Crippen molar-refractivity contribution < 1.29 is 9.53 Å². The van der Waals surface area contributed by atoms with E-state index >= 15 is 0 Å². The lowest BCUT2D eigenvalue weighted by atomic mass is 9.87. The average Bonchev–Trinajstić information content (AvgIpc) is 2.69. The molecule has 6 nitrogen and oxygen atoms in total.